The molecule has 0 aliphatic carbocycles. The van der Waals surface area contributed by atoms with Gasteiger partial charge in [-0.25, -0.2) is 0 Å². The van der Waals surface area contributed by atoms with Crippen LogP contribution >= 0.6 is 23.4 Å². The molecule has 1 amide bonds. The number of nitrogens with one attached hydrogen (secondary N) is 1. The lowest BCUT2D eigenvalue weighted by atomic mass is 10.1. The molecule has 23 heavy (non-hydrogen) atoms. The highest BCUT2D eigenvalue weighted by molar-refractivity contribution is 8.04. The second kappa shape index (κ2) is 6.69. The van der Waals surface area contributed by atoms with E-state index in [-0.39, 0.29) is 12.0 Å². The van der Waals surface area contributed by atoms with Crippen molar-refractivity contribution in [1.82, 2.24) is 0 Å². The maximum Gasteiger partial charge on any atom is 0.262 e. The van der Waals surface area contributed by atoms with Crippen LogP contribution in [0.25, 0.3) is 6.08 Å². The summed E-state index contributed by atoms with van der Waals surface area (Å²) in [6.07, 6.45) is 1.86. The van der Waals surface area contributed by atoms with E-state index in [0.29, 0.717) is 15.7 Å². The van der Waals surface area contributed by atoms with E-state index < -0.39 is 0 Å². The molecule has 0 radical (unpaired) electrons. The Morgan fingerprint density at radius 2 is 2.00 bits per heavy atom. The van der Waals surface area contributed by atoms with Gasteiger partial charge in [0.25, 0.3) is 5.91 Å². The predicted molar refractivity (Wildman–Crippen MR) is 96.1 cm³/mol. The van der Waals surface area contributed by atoms with Gasteiger partial charge in [-0.3, -0.25) is 4.79 Å². The van der Waals surface area contributed by atoms with Crippen LogP contribution in [-0.4, -0.2) is 12.0 Å². The minimum Gasteiger partial charge on any atom is -0.490 e. The first-order chi connectivity index (χ1) is 11.0. The number of hydrogen-bond acceptors (Lipinski definition) is 3. The van der Waals surface area contributed by atoms with Gasteiger partial charge >= 0.3 is 0 Å². The molecule has 3 nitrogen and oxygen atoms in total. The number of carbonyl (C=O) groups is 1. The molecule has 0 atom stereocenters. The van der Waals surface area contributed by atoms with Gasteiger partial charge in [-0.05, 0) is 50.3 Å². The maximum absolute atomic E-state index is 12.3. The summed E-state index contributed by atoms with van der Waals surface area (Å²) < 4.78 is 5.80. The summed E-state index contributed by atoms with van der Waals surface area (Å²) in [6, 6.07) is 13.1. The van der Waals surface area contributed by atoms with Crippen LogP contribution < -0.4 is 10.1 Å². The van der Waals surface area contributed by atoms with Gasteiger partial charge in [0.15, 0.2) is 0 Å². The number of amides is 1. The van der Waals surface area contributed by atoms with Crippen LogP contribution in [0.5, 0.6) is 5.75 Å². The molecule has 2 aromatic rings. The Bertz CT molecular complexity index is 786. The number of rotatable bonds is 3. The van der Waals surface area contributed by atoms with Crippen molar-refractivity contribution in [2.75, 3.05) is 5.32 Å². The van der Waals surface area contributed by atoms with Gasteiger partial charge in [0.1, 0.15) is 5.75 Å². The third-order valence-electron chi connectivity index (χ3n) is 3.20. The van der Waals surface area contributed by atoms with Crippen molar-refractivity contribution < 1.29 is 9.53 Å². The first-order valence-corrected chi connectivity index (χ1v) is 8.48. The molecule has 2 aromatic carbocycles. The Kier molecular flexibility index (Phi) is 4.64. The quantitative estimate of drug-likeness (QED) is 0.776. The highest BCUT2D eigenvalue weighted by Crippen LogP contribution is 2.39. The van der Waals surface area contributed by atoms with Crippen LogP contribution in [-0.2, 0) is 4.79 Å². The van der Waals surface area contributed by atoms with E-state index in [0.717, 1.165) is 16.1 Å². The number of fused-ring (bicyclic) bond motifs is 1. The number of halogens is 1. The van der Waals surface area contributed by atoms with E-state index in [9.17, 15) is 4.79 Å². The standard InChI is InChI=1S/C18H16ClNO2S/c1-11(2)22-15-8-7-13(19)9-12(15)10-17-18(21)20-14-5-3-4-6-16(14)23-17/h3-11H,1-2H3,(H,20,21)/b17-10+. The molecule has 0 bridgehead atoms. The molecule has 0 spiro atoms. The first kappa shape index (κ1) is 16.0. The number of thioether (sulfide) groups is 1. The molecule has 5 heteroatoms. The van der Waals surface area contributed by atoms with Crippen molar-refractivity contribution in [3.8, 4) is 5.75 Å². The average molecular weight is 346 g/mol. The molecule has 0 fully saturated rings. The van der Waals surface area contributed by atoms with Crippen LogP contribution in [0.2, 0.25) is 5.02 Å². The van der Waals surface area contributed by atoms with Crippen molar-refractivity contribution in [2.45, 2.75) is 24.8 Å². The summed E-state index contributed by atoms with van der Waals surface area (Å²) in [5.41, 5.74) is 1.63. The minimum absolute atomic E-state index is 0.0434. The van der Waals surface area contributed by atoms with E-state index in [4.69, 9.17) is 16.3 Å². The van der Waals surface area contributed by atoms with E-state index in [1.165, 1.54) is 11.8 Å². The Morgan fingerprint density at radius 1 is 1.22 bits per heavy atom. The summed E-state index contributed by atoms with van der Waals surface area (Å²) in [6.45, 7) is 3.92. The highest BCUT2D eigenvalue weighted by atomic mass is 35.5. The maximum atomic E-state index is 12.3. The molecule has 0 saturated carbocycles. The number of benzene rings is 2. The fourth-order valence-electron chi connectivity index (χ4n) is 2.24. The van der Waals surface area contributed by atoms with Gasteiger partial charge in [-0.1, -0.05) is 35.5 Å². The first-order valence-electron chi connectivity index (χ1n) is 7.29. The van der Waals surface area contributed by atoms with Gasteiger partial charge in [0, 0.05) is 15.5 Å². The smallest absolute Gasteiger partial charge is 0.262 e. The second-order valence-corrected chi connectivity index (χ2v) is 6.93. The van der Waals surface area contributed by atoms with E-state index in [2.05, 4.69) is 5.32 Å². The molecule has 1 heterocycles. The molecule has 1 aliphatic rings. The van der Waals surface area contributed by atoms with Crippen LogP contribution in [0.15, 0.2) is 52.3 Å². The van der Waals surface area contributed by atoms with Crippen LogP contribution in [0.1, 0.15) is 19.4 Å². The van der Waals surface area contributed by atoms with E-state index in [1.807, 2.05) is 50.3 Å². The predicted octanol–water partition coefficient (Wildman–Crippen LogP) is 5.21. The van der Waals surface area contributed by atoms with Crippen LogP contribution in [0.4, 0.5) is 5.69 Å². The van der Waals surface area contributed by atoms with Gasteiger partial charge in [-0.15, -0.1) is 0 Å². The number of carbonyl (C=O) groups excluding carboxylic acids is 1. The molecule has 0 aromatic heterocycles. The third-order valence-corrected chi connectivity index (χ3v) is 4.53. The molecule has 118 valence electrons. The highest BCUT2D eigenvalue weighted by Gasteiger charge is 2.21. The van der Waals surface area contributed by atoms with Crippen molar-refractivity contribution >= 4 is 41.0 Å². The Balaban J connectivity index is 1.98. The lowest BCUT2D eigenvalue weighted by Gasteiger charge is -2.19. The lowest BCUT2D eigenvalue weighted by molar-refractivity contribution is -0.112. The summed E-state index contributed by atoms with van der Waals surface area (Å²) in [5.74, 6) is 0.591. The Hall–Kier alpha value is -1.91. The fraction of sp³-hybridized carbons (Fsp3) is 0.167. The number of hydrogen-bond donors (Lipinski definition) is 1. The largest absolute Gasteiger partial charge is 0.490 e. The van der Waals surface area contributed by atoms with E-state index >= 15 is 0 Å². The van der Waals surface area contributed by atoms with Crippen LogP contribution in [0.3, 0.4) is 0 Å². The van der Waals surface area contributed by atoms with Crippen LogP contribution in [0, 0.1) is 0 Å². The third kappa shape index (κ3) is 3.71. The summed E-state index contributed by atoms with van der Waals surface area (Å²) in [5, 5.41) is 3.51. The normalized spacial score (nSPS) is 15.5. The zero-order valence-electron chi connectivity index (χ0n) is 12.8. The Morgan fingerprint density at radius 3 is 2.78 bits per heavy atom. The lowest BCUT2D eigenvalue weighted by Crippen LogP contribution is -2.17. The zero-order chi connectivity index (χ0) is 16.4. The molecule has 1 aliphatic heterocycles. The fourth-order valence-corrected chi connectivity index (χ4v) is 3.36. The monoisotopic (exact) mass is 345 g/mol. The molecule has 3 rings (SSSR count). The van der Waals surface area contributed by atoms with Gasteiger partial charge in [0.05, 0.1) is 16.7 Å². The van der Waals surface area contributed by atoms with Crippen molar-refractivity contribution in [3.05, 3.63) is 58.0 Å². The van der Waals surface area contributed by atoms with Gasteiger partial charge < -0.3 is 10.1 Å². The second-order valence-electron chi connectivity index (χ2n) is 5.41. The van der Waals surface area contributed by atoms with Crippen molar-refractivity contribution in [3.63, 3.8) is 0 Å². The van der Waals surface area contributed by atoms with Crippen molar-refractivity contribution in [1.29, 1.82) is 0 Å². The topological polar surface area (TPSA) is 38.3 Å². The average Bonchev–Trinajstić information content (AvgIpc) is 2.50. The Labute approximate surface area is 144 Å². The van der Waals surface area contributed by atoms with Gasteiger partial charge in [0.2, 0.25) is 0 Å². The minimum atomic E-state index is -0.121. The molecule has 1 N–H and O–H groups in total. The summed E-state index contributed by atoms with van der Waals surface area (Å²) in [7, 11) is 0. The van der Waals surface area contributed by atoms with Crippen molar-refractivity contribution in [2.24, 2.45) is 0 Å². The molecular formula is C18H16ClNO2S. The van der Waals surface area contributed by atoms with Gasteiger partial charge in [-0.2, -0.15) is 0 Å². The SMILES string of the molecule is CC(C)Oc1ccc(Cl)cc1/C=C1/Sc2ccccc2NC1=O. The number of anilines is 1. The summed E-state index contributed by atoms with van der Waals surface area (Å²) in [4.78, 5) is 13.9. The molecule has 0 unspecified atom stereocenters. The molecular weight excluding hydrogens is 330 g/mol. The summed E-state index contributed by atoms with van der Waals surface area (Å²) >= 11 is 7.54. The van der Waals surface area contributed by atoms with E-state index in [1.54, 1.807) is 12.1 Å². The zero-order valence-corrected chi connectivity index (χ0v) is 14.4. The number of para-hydroxylation sites is 1. The molecule has 0 saturated heterocycles. The number of ether oxygens (including phenoxy) is 1.